The summed E-state index contributed by atoms with van der Waals surface area (Å²) in [6, 6.07) is 4.33. The molecule has 0 aromatic carbocycles. The Kier molecular flexibility index (Phi) is 3.98. The van der Waals surface area contributed by atoms with Gasteiger partial charge in [-0.2, -0.15) is 0 Å². The molecule has 1 atom stereocenters. The van der Waals surface area contributed by atoms with E-state index >= 15 is 0 Å². The molecule has 4 heteroatoms. The highest BCUT2D eigenvalue weighted by Crippen LogP contribution is 2.07. The van der Waals surface area contributed by atoms with Crippen LogP contribution in [0.5, 0.6) is 0 Å². The quantitative estimate of drug-likeness (QED) is 0.835. The summed E-state index contributed by atoms with van der Waals surface area (Å²) >= 11 is 0. The molecule has 0 spiro atoms. The molecule has 0 fully saturated rings. The maximum atomic E-state index is 5.39. The number of aryl methyl sites for hydroxylation is 2. The summed E-state index contributed by atoms with van der Waals surface area (Å²) < 4.78 is 10.7. The van der Waals surface area contributed by atoms with Gasteiger partial charge in [-0.25, -0.2) is 4.98 Å². The molecule has 4 nitrogen and oxygen atoms in total. The molecule has 2 aromatic heterocycles. The van der Waals surface area contributed by atoms with Crippen molar-refractivity contribution < 1.29 is 8.83 Å². The van der Waals surface area contributed by atoms with E-state index in [1.54, 1.807) is 12.5 Å². The summed E-state index contributed by atoms with van der Waals surface area (Å²) in [4.78, 5) is 4.15. The Morgan fingerprint density at radius 2 is 2.35 bits per heavy atom. The molecule has 92 valence electrons. The van der Waals surface area contributed by atoms with Crippen molar-refractivity contribution in [2.45, 2.75) is 39.3 Å². The van der Waals surface area contributed by atoms with E-state index in [2.05, 4.69) is 17.2 Å². The van der Waals surface area contributed by atoms with Crippen molar-refractivity contribution in [1.29, 1.82) is 0 Å². The molecule has 0 amide bonds. The van der Waals surface area contributed by atoms with E-state index in [1.807, 2.05) is 19.1 Å². The Morgan fingerprint density at radius 3 is 3.00 bits per heavy atom. The zero-order chi connectivity index (χ0) is 12.1. The first-order valence-electron chi connectivity index (χ1n) is 5.91. The van der Waals surface area contributed by atoms with E-state index in [4.69, 9.17) is 8.83 Å². The zero-order valence-electron chi connectivity index (χ0n) is 10.3. The number of rotatable bonds is 6. The highest BCUT2D eigenvalue weighted by atomic mass is 16.4. The third kappa shape index (κ3) is 3.75. The monoisotopic (exact) mass is 234 g/mol. The molecular formula is C13H18N2O2. The van der Waals surface area contributed by atoms with Gasteiger partial charge >= 0.3 is 0 Å². The predicted octanol–water partition coefficient (Wildman–Crippen LogP) is 2.69. The Balaban J connectivity index is 1.69. The lowest BCUT2D eigenvalue weighted by atomic mass is 10.1. The largest absolute Gasteiger partial charge is 0.469 e. The van der Waals surface area contributed by atoms with E-state index in [-0.39, 0.29) is 0 Å². The summed E-state index contributed by atoms with van der Waals surface area (Å²) in [5.74, 6) is 2.63. The molecule has 2 aromatic rings. The van der Waals surface area contributed by atoms with Crippen LogP contribution in [0.4, 0.5) is 0 Å². The molecule has 0 aliphatic heterocycles. The van der Waals surface area contributed by atoms with Crippen LogP contribution in [0.25, 0.3) is 0 Å². The number of nitrogens with one attached hydrogen (secondary N) is 1. The maximum Gasteiger partial charge on any atom is 0.208 e. The Labute approximate surface area is 101 Å². The number of hydrogen-bond acceptors (Lipinski definition) is 4. The lowest BCUT2D eigenvalue weighted by Gasteiger charge is -2.11. The third-order valence-corrected chi connectivity index (χ3v) is 2.67. The van der Waals surface area contributed by atoms with Crippen molar-refractivity contribution in [3.05, 3.63) is 42.0 Å². The normalized spacial score (nSPS) is 12.8. The second kappa shape index (κ2) is 5.68. The van der Waals surface area contributed by atoms with Gasteiger partial charge in [0.25, 0.3) is 0 Å². The molecule has 0 bridgehead atoms. The van der Waals surface area contributed by atoms with Crippen molar-refractivity contribution in [3.63, 3.8) is 0 Å². The third-order valence-electron chi connectivity index (χ3n) is 2.67. The molecule has 0 radical (unpaired) electrons. The van der Waals surface area contributed by atoms with Crippen LogP contribution in [-0.4, -0.2) is 11.0 Å². The first kappa shape index (κ1) is 11.9. The van der Waals surface area contributed by atoms with Crippen molar-refractivity contribution in [1.82, 2.24) is 10.3 Å². The molecule has 0 aliphatic carbocycles. The van der Waals surface area contributed by atoms with Gasteiger partial charge in [-0.3, -0.25) is 0 Å². The van der Waals surface area contributed by atoms with E-state index in [0.717, 1.165) is 30.3 Å². The van der Waals surface area contributed by atoms with Gasteiger partial charge in [-0.05, 0) is 32.4 Å². The van der Waals surface area contributed by atoms with E-state index in [0.29, 0.717) is 12.6 Å². The van der Waals surface area contributed by atoms with Gasteiger partial charge in [0.1, 0.15) is 11.5 Å². The van der Waals surface area contributed by atoms with E-state index < -0.39 is 0 Å². The predicted molar refractivity (Wildman–Crippen MR) is 64.6 cm³/mol. The smallest absolute Gasteiger partial charge is 0.208 e. The summed E-state index contributed by atoms with van der Waals surface area (Å²) in [7, 11) is 0. The van der Waals surface area contributed by atoms with Gasteiger partial charge in [0.2, 0.25) is 5.89 Å². The fourth-order valence-corrected chi connectivity index (χ4v) is 1.66. The standard InChI is InChI=1S/C13H18N2O2/c1-10(5-6-12-4-3-7-16-12)14-9-13-15-8-11(2)17-13/h3-4,7-8,10,14H,5-6,9H2,1-2H3. The highest BCUT2D eigenvalue weighted by molar-refractivity contribution is 4.98. The van der Waals surface area contributed by atoms with Crippen LogP contribution in [0.15, 0.2) is 33.4 Å². The van der Waals surface area contributed by atoms with Crippen LogP contribution in [0.1, 0.15) is 30.8 Å². The van der Waals surface area contributed by atoms with Crippen LogP contribution in [0, 0.1) is 6.92 Å². The Hall–Kier alpha value is -1.55. The molecule has 2 heterocycles. The molecule has 0 saturated heterocycles. The van der Waals surface area contributed by atoms with Crippen LogP contribution in [0.2, 0.25) is 0 Å². The number of furan rings is 1. The minimum absolute atomic E-state index is 0.410. The average molecular weight is 234 g/mol. The summed E-state index contributed by atoms with van der Waals surface area (Å²) in [6.07, 6.45) is 5.44. The van der Waals surface area contributed by atoms with Gasteiger partial charge in [-0.15, -0.1) is 0 Å². The van der Waals surface area contributed by atoms with Gasteiger partial charge in [0, 0.05) is 12.5 Å². The van der Waals surface area contributed by atoms with Gasteiger partial charge < -0.3 is 14.2 Å². The van der Waals surface area contributed by atoms with Crippen molar-refractivity contribution in [2.75, 3.05) is 0 Å². The summed E-state index contributed by atoms with van der Waals surface area (Å²) in [5, 5.41) is 3.38. The van der Waals surface area contributed by atoms with E-state index in [1.165, 1.54) is 0 Å². The first-order valence-corrected chi connectivity index (χ1v) is 5.91. The van der Waals surface area contributed by atoms with Crippen LogP contribution in [0.3, 0.4) is 0 Å². The number of nitrogens with zero attached hydrogens (tertiary/aromatic N) is 1. The topological polar surface area (TPSA) is 51.2 Å². The highest BCUT2D eigenvalue weighted by Gasteiger charge is 2.06. The SMILES string of the molecule is Cc1cnc(CNC(C)CCc2ccco2)o1. The van der Waals surface area contributed by atoms with Crippen LogP contribution >= 0.6 is 0 Å². The number of aromatic nitrogens is 1. The first-order chi connectivity index (χ1) is 8.24. The Bertz CT molecular complexity index is 434. The zero-order valence-corrected chi connectivity index (χ0v) is 10.3. The minimum Gasteiger partial charge on any atom is -0.469 e. The van der Waals surface area contributed by atoms with Crippen LogP contribution < -0.4 is 5.32 Å². The second-order valence-electron chi connectivity index (χ2n) is 4.26. The second-order valence-corrected chi connectivity index (χ2v) is 4.26. The molecule has 1 N–H and O–H groups in total. The van der Waals surface area contributed by atoms with Crippen LogP contribution in [-0.2, 0) is 13.0 Å². The van der Waals surface area contributed by atoms with Crippen molar-refractivity contribution in [2.24, 2.45) is 0 Å². The van der Waals surface area contributed by atoms with E-state index in [9.17, 15) is 0 Å². The summed E-state index contributed by atoms with van der Waals surface area (Å²) in [6.45, 7) is 4.72. The lowest BCUT2D eigenvalue weighted by molar-refractivity contribution is 0.412. The molecule has 1 unspecified atom stereocenters. The maximum absolute atomic E-state index is 5.39. The molecule has 0 saturated carbocycles. The lowest BCUT2D eigenvalue weighted by Crippen LogP contribution is -2.26. The minimum atomic E-state index is 0.410. The fraction of sp³-hybridized carbons (Fsp3) is 0.462. The molecule has 0 aliphatic rings. The molecular weight excluding hydrogens is 216 g/mol. The molecule has 2 rings (SSSR count). The summed E-state index contributed by atoms with van der Waals surface area (Å²) in [5.41, 5.74) is 0. The Morgan fingerprint density at radius 1 is 1.47 bits per heavy atom. The number of oxazole rings is 1. The fourth-order valence-electron chi connectivity index (χ4n) is 1.66. The van der Waals surface area contributed by atoms with Gasteiger partial charge in [0.05, 0.1) is 19.0 Å². The average Bonchev–Trinajstić information content (AvgIpc) is 2.95. The number of hydrogen-bond donors (Lipinski definition) is 1. The van der Waals surface area contributed by atoms with Crippen molar-refractivity contribution >= 4 is 0 Å². The van der Waals surface area contributed by atoms with Crippen molar-refractivity contribution in [3.8, 4) is 0 Å². The molecule has 17 heavy (non-hydrogen) atoms. The van der Waals surface area contributed by atoms with Gasteiger partial charge in [0.15, 0.2) is 0 Å². The van der Waals surface area contributed by atoms with Gasteiger partial charge in [-0.1, -0.05) is 0 Å².